The Balaban J connectivity index is 1.43. The molecule has 5 heteroatoms. The molecule has 2 aliphatic rings. The molecule has 0 unspecified atom stereocenters. The largest absolute Gasteiger partial charge is 0.342 e. The Labute approximate surface area is 144 Å². The minimum Gasteiger partial charge on any atom is -0.342 e. The van der Waals surface area contributed by atoms with Crippen molar-refractivity contribution < 1.29 is 4.79 Å². The Morgan fingerprint density at radius 1 is 0.913 bits per heavy atom. The van der Waals surface area contributed by atoms with Gasteiger partial charge in [0.05, 0.1) is 6.54 Å². The van der Waals surface area contributed by atoms with E-state index in [-0.39, 0.29) is 0 Å². The van der Waals surface area contributed by atoms with Crippen LogP contribution in [0.15, 0.2) is 24.3 Å². The first-order chi connectivity index (χ1) is 11.2. The molecule has 4 nitrogen and oxygen atoms in total. The lowest BCUT2D eigenvalue weighted by atomic mass is 10.1. The summed E-state index contributed by atoms with van der Waals surface area (Å²) in [7, 11) is 0. The summed E-state index contributed by atoms with van der Waals surface area (Å²) >= 11 is 6.24. The van der Waals surface area contributed by atoms with Gasteiger partial charge in [-0.05, 0) is 30.9 Å². The highest BCUT2D eigenvalue weighted by molar-refractivity contribution is 6.31. The number of hydrogen-bond acceptors (Lipinski definition) is 3. The van der Waals surface area contributed by atoms with Crippen molar-refractivity contribution in [3.63, 3.8) is 0 Å². The molecule has 0 atom stereocenters. The number of nitrogens with zero attached hydrogens (tertiary/aromatic N) is 3. The van der Waals surface area contributed by atoms with Crippen LogP contribution in [0.1, 0.15) is 24.8 Å². The second kappa shape index (κ2) is 8.13. The van der Waals surface area contributed by atoms with Crippen LogP contribution in [0.5, 0.6) is 0 Å². The van der Waals surface area contributed by atoms with Crippen molar-refractivity contribution in [3.8, 4) is 0 Å². The van der Waals surface area contributed by atoms with Gasteiger partial charge < -0.3 is 4.90 Å². The molecule has 23 heavy (non-hydrogen) atoms. The van der Waals surface area contributed by atoms with Crippen LogP contribution in [0.4, 0.5) is 0 Å². The second-order valence-corrected chi connectivity index (χ2v) is 6.99. The normalized spacial score (nSPS) is 20.7. The van der Waals surface area contributed by atoms with Gasteiger partial charge in [-0.3, -0.25) is 14.6 Å². The first-order valence-corrected chi connectivity index (χ1v) is 9.06. The van der Waals surface area contributed by atoms with Crippen LogP contribution in [0.3, 0.4) is 0 Å². The van der Waals surface area contributed by atoms with Crippen LogP contribution in [-0.2, 0) is 11.3 Å². The molecule has 0 radical (unpaired) electrons. The number of piperazine rings is 1. The third-order valence-corrected chi connectivity index (χ3v) is 5.25. The highest BCUT2D eigenvalue weighted by atomic mass is 35.5. The molecular weight excluding hydrogens is 310 g/mol. The summed E-state index contributed by atoms with van der Waals surface area (Å²) < 4.78 is 0. The standard InChI is InChI=1S/C18H26ClN3O/c19-17-7-3-2-6-16(17)14-20-10-12-21(13-11-20)15-18(23)22-8-4-1-5-9-22/h2-3,6-7H,1,4-5,8-15H2. The lowest BCUT2D eigenvalue weighted by Crippen LogP contribution is -2.50. The summed E-state index contributed by atoms with van der Waals surface area (Å²) in [5.41, 5.74) is 1.19. The number of carbonyl (C=O) groups excluding carboxylic acids is 1. The fourth-order valence-corrected chi connectivity index (χ4v) is 3.60. The van der Waals surface area contributed by atoms with E-state index in [2.05, 4.69) is 15.9 Å². The lowest BCUT2D eigenvalue weighted by Gasteiger charge is -2.36. The smallest absolute Gasteiger partial charge is 0.236 e. The van der Waals surface area contributed by atoms with Gasteiger partial charge in [0, 0.05) is 50.8 Å². The topological polar surface area (TPSA) is 26.8 Å². The zero-order valence-electron chi connectivity index (χ0n) is 13.7. The maximum atomic E-state index is 12.3. The molecule has 2 heterocycles. The predicted octanol–water partition coefficient (Wildman–Crippen LogP) is 2.47. The first-order valence-electron chi connectivity index (χ1n) is 8.68. The van der Waals surface area contributed by atoms with E-state index in [9.17, 15) is 4.79 Å². The van der Waals surface area contributed by atoms with Gasteiger partial charge in [0.15, 0.2) is 0 Å². The maximum Gasteiger partial charge on any atom is 0.236 e. The molecule has 0 saturated carbocycles. The molecule has 2 aliphatic heterocycles. The molecule has 0 aliphatic carbocycles. The molecule has 1 aromatic rings. The van der Waals surface area contributed by atoms with E-state index >= 15 is 0 Å². The predicted molar refractivity (Wildman–Crippen MR) is 93.6 cm³/mol. The summed E-state index contributed by atoms with van der Waals surface area (Å²) in [6, 6.07) is 8.05. The average Bonchev–Trinajstić information content (AvgIpc) is 2.59. The minimum absolute atomic E-state index is 0.309. The van der Waals surface area contributed by atoms with Crippen molar-refractivity contribution >= 4 is 17.5 Å². The summed E-state index contributed by atoms with van der Waals surface area (Å²) in [5, 5.41) is 0.843. The number of amides is 1. The number of rotatable bonds is 4. The van der Waals surface area contributed by atoms with Crippen molar-refractivity contribution in [2.24, 2.45) is 0 Å². The summed E-state index contributed by atoms with van der Waals surface area (Å²) in [6.07, 6.45) is 3.60. The minimum atomic E-state index is 0.309. The molecule has 0 N–H and O–H groups in total. The number of likely N-dealkylation sites (tertiary alicyclic amines) is 1. The number of hydrogen-bond donors (Lipinski definition) is 0. The van der Waals surface area contributed by atoms with E-state index in [1.54, 1.807) is 0 Å². The SMILES string of the molecule is O=C(CN1CCN(Cc2ccccc2Cl)CC1)N1CCCCC1. The monoisotopic (exact) mass is 335 g/mol. The number of halogens is 1. The number of piperidine rings is 1. The van der Waals surface area contributed by atoms with Gasteiger partial charge in [-0.1, -0.05) is 29.8 Å². The highest BCUT2D eigenvalue weighted by Gasteiger charge is 2.22. The van der Waals surface area contributed by atoms with Crippen LogP contribution < -0.4 is 0 Å². The Hall–Kier alpha value is -1.10. The van der Waals surface area contributed by atoms with E-state index in [1.165, 1.54) is 12.0 Å². The highest BCUT2D eigenvalue weighted by Crippen LogP contribution is 2.18. The average molecular weight is 336 g/mol. The maximum absolute atomic E-state index is 12.3. The van der Waals surface area contributed by atoms with Crippen molar-refractivity contribution in [2.75, 3.05) is 45.8 Å². The zero-order valence-corrected chi connectivity index (χ0v) is 14.5. The van der Waals surface area contributed by atoms with Gasteiger partial charge in [-0.25, -0.2) is 0 Å². The van der Waals surface area contributed by atoms with Crippen molar-refractivity contribution in [1.29, 1.82) is 0 Å². The molecule has 3 rings (SSSR count). The Morgan fingerprint density at radius 3 is 2.26 bits per heavy atom. The fraction of sp³-hybridized carbons (Fsp3) is 0.611. The fourth-order valence-electron chi connectivity index (χ4n) is 3.41. The third-order valence-electron chi connectivity index (χ3n) is 4.88. The summed E-state index contributed by atoms with van der Waals surface area (Å²) in [5.74, 6) is 0.309. The second-order valence-electron chi connectivity index (χ2n) is 6.59. The van der Waals surface area contributed by atoms with Crippen LogP contribution in [-0.4, -0.2) is 66.4 Å². The van der Waals surface area contributed by atoms with Crippen molar-refractivity contribution in [2.45, 2.75) is 25.8 Å². The van der Waals surface area contributed by atoms with Crippen molar-refractivity contribution in [3.05, 3.63) is 34.9 Å². The molecule has 2 fully saturated rings. The Morgan fingerprint density at radius 2 is 1.57 bits per heavy atom. The number of benzene rings is 1. The third kappa shape index (κ3) is 4.69. The van der Waals surface area contributed by atoms with Gasteiger partial charge in [0.25, 0.3) is 0 Å². The van der Waals surface area contributed by atoms with Crippen LogP contribution >= 0.6 is 11.6 Å². The van der Waals surface area contributed by atoms with E-state index in [0.717, 1.165) is 63.7 Å². The van der Waals surface area contributed by atoms with E-state index < -0.39 is 0 Å². The van der Waals surface area contributed by atoms with Crippen LogP contribution in [0.2, 0.25) is 5.02 Å². The van der Waals surface area contributed by atoms with Gasteiger partial charge >= 0.3 is 0 Å². The van der Waals surface area contributed by atoms with Crippen LogP contribution in [0, 0.1) is 0 Å². The van der Waals surface area contributed by atoms with E-state index in [4.69, 9.17) is 11.6 Å². The zero-order chi connectivity index (χ0) is 16.1. The van der Waals surface area contributed by atoms with Crippen molar-refractivity contribution in [1.82, 2.24) is 14.7 Å². The lowest BCUT2D eigenvalue weighted by molar-refractivity contribution is -0.133. The molecule has 0 spiro atoms. The molecule has 0 aromatic heterocycles. The van der Waals surface area contributed by atoms with Crippen LogP contribution in [0.25, 0.3) is 0 Å². The first kappa shape index (κ1) is 16.7. The quantitative estimate of drug-likeness (QED) is 0.845. The summed E-state index contributed by atoms with van der Waals surface area (Å²) in [6.45, 7) is 7.30. The molecule has 1 amide bonds. The van der Waals surface area contributed by atoms with E-state index in [1.807, 2.05) is 23.1 Å². The number of carbonyl (C=O) groups is 1. The van der Waals surface area contributed by atoms with Gasteiger partial charge in [-0.2, -0.15) is 0 Å². The van der Waals surface area contributed by atoms with Gasteiger partial charge in [0.1, 0.15) is 0 Å². The molecular formula is C18H26ClN3O. The Kier molecular flexibility index (Phi) is 5.92. The van der Waals surface area contributed by atoms with E-state index in [0.29, 0.717) is 12.5 Å². The molecule has 2 saturated heterocycles. The molecule has 126 valence electrons. The summed E-state index contributed by atoms with van der Waals surface area (Å²) in [4.78, 5) is 19.1. The van der Waals surface area contributed by atoms with Gasteiger partial charge in [-0.15, -0.1) is 0 Å². The van der Waals surface area contributed by atoms with Gasteiger partial charge in [0.2, 0.25) is 5.91 Å². The Bertz CT molecular complexity index is 523. The molecule has 0 bridgehead atoms. The molecule has 1 aromatic carbocycles.